The minimum Gasteiger partial charge on any atom is -0.508 e. The Kier molecular flexibility index (Phi) is 5.19. The number of carbonyl (C=O) groups is 1. The van der Waals surface area contributed by atoms with Gasteiger partial charge in [0.2, 0.25) is 0 Å². The molecule has 0 unspecified atom stereocenters. The van der Waals surface area contributed by atoms with Crippen LogP contribution in [0.2, 0.25) is 0 Å². The summed E-state index contributed by atoms with van der Waals surface area (Å²) < 4.78 is 0. The van der Waals surface area contributed by atoms with Crippen LogP contribution in [0.25, 0.3) is 21.5 Å². The molecule has 8 nitrogen and oxygen atoms in total. The van der Waals surface area contributed by atoms with Crippen molar-refractivity contribution in [2.45, 2.75) is 0 Å². The number of benzene rings is 2. The van der Waals surface area contributed by atoms with Crippen LogP contribution in [0.5, 0.6) is 5.75 Å². The fraction of sp³-hybridized carbons (Fsp3) is 0. The van der Waals surface area contributed by atoms with E-state index in [4.69, 9.17) is 0 Å². The van der Waals surface area contributed by atoms with Gasteiger partial charge in [0.25, 0.3) is 5.91 Å². The number of aromatic hydroxyl groups is 1. The Bertz CT molecular complexity index is 1280. The van der Waals surface area contributed by atoms with Crippen LogP contribution in [0.3, 0.4) is 0 Å². The van der Waals surface area contributed by atoms with Gasteiger partial charge in [-0.05, 0) is 48.0 Å². The Balaban J connectivity index is 1.67. The quantitative estimate of drug-likeness (QED) is 0.284. The van der Waals surface area contributed by atoms with Crippen molar-refractivity contribution in [3.63, 3.8) is 0 Å². The number of nitrogens with zero attached hydrogens (tertiary/aromatic N) is 3. The zero-order valence-corrected chi connectivity index (χ0v) is 16.2. The van der Waals surface area contributed by atoms with E-state index in [1.54, 1.807) is 48.5 Å². The number of nitro groups is 1. The number of pyridine rings is 1. The van der Waals surface area contributed by atoms with Gasteiger partial charge < -0.3 is 5.11 Å². The van der Waals surface area contributed by atoms with Crippen LogP contribution in [0.4, 0.5) is 5.00 Å². The largest absolute Gasteiger partial charge is 0.508 e. The molecular formula is C21H14N4O4S. The average molecular weight is 418 g/mol. The van der Waals surface area contributed by atoms with Crippen LogP contribution in [-0.4, -0.2) is 27.1 Å². The minimum atomic E-state index is -0.457. The van der Waals surface area contributed by atoms with E-state index in [1.165, 1.54) is 24.4 Å². The number of hydrogen-bond acceptors (Lipinski definition) is 7. The molecule has 0 aliphatic heterocycles. The van der Waals surface area contributed by atoms with Crippen molar-refractivity contribution < 1.29 is 14.8 Å². The molecular weight excluding hydrogens is 404 g/mol. The molecule has 0 saturated carbocycles. The highest BCUT2D eigenvalue weighted by Crippen LogP contribution is 2.33. The number of rotatable bonds is 5. The number of nitrogens with one attached hydrogen (secondary N) is 1. The number of carbonyl (C=O) groups excluding carboxylic acids is 1. The molecule has 9 heteroatoms. The second-order valence-electron chi connectivity index (χ2n) is 6.26. The minimum absolute atomic E-state index is 0.00413. The van der Waals surface area contributed by atoms with Gasteiger partial charge in [0.15, 0.2) is 0 Å². The van der Waals surface area contributed by atoms with Gasteiger partial charge in [-0.1, -0.05) is 29.5 Å². The maximum Gasteiger partial charge on any atom is 0.324 e. The smallest absolute Gasteiger partial charge is 0.324 e. The van der Waals surface area contributed by atoms with Crippen molar-refractivity contribution in [2.75, 3.05) is 0 Å². The van der Waals surface area contributed by atoms with Crippen molar-refractivity contribution >= 4 is 39.4 Å². The van der Waals surface area contributed by atoms with E-state index in [9.17, 15) is 20.0 Å². The summed E-state index contributed by atoms with van der Waals surface area (Å²) in [7, 11) is 0. The van der Waals surface area contributed by atoms with E-state index in [0.29, 0.717) is 32.6 Å². The van der Waals surface area contributed by atoms with Gasteiger partial charge in [0, 0.05) is 11.5 Å². The first-order chi connectivity index (χ1) is 14.5. The van der Waals surface area contributed by atoms with Gasteiger partial charge >= 0.3 is 5.00 Å². The third kappa shape index (κ3) is 4.01. The summed E-state index contributed by atoms with van der Waals surface area (Å²) in [5.41, 5.74) is 4.62. The molecule has 148 valence electrons. The summed E-state index contributed by atoms with van der Waals surface area (Å²) in [5.74, 6) is -0.295. The number of hydrogen-bond donors (Lipinski definition) is 2. The van der Waals surface area contributed by atoms with Gasteiger partial charge in [-0.2, -0.15) is 5.10 Å². The second-order valence-corrected chi connectivity index (χ2v) is 7.32. The highest BCUT2D eigenvalue weighted by atomic mass is 32.1. The summed E-state index contributed by atoms with van der Waals surface area (Å²) in [4.78, 5) is 28.5. The van der Waals surface area contributed by atoms with Crippen LogP contribution in [0.15, 0.2) is 71.8 Å². The highest BCUT2D eigenvalue weighted by Gasteiger charge is 2.17. The Labute approximate surface area is 174 Å². The van der Waals surface area contributed by atoms with Crippen LogP contribution in [0, 0.1) is 10.1 Å². The fourth-order valence-corrected chi connectivity index (χ4v) is 3.62. The Morgan fingerprint density at radius 2 is 1.90 bits per heavy atom. The van der Waals surface area contributed by atoms with Crippen LogP contribution < -0.4 is 5.43 Å². The van der Waals surface area contributed by atoms with E-state index < -0.39 is 10.8 Å². The van der Waals surface area contributed by atoms with Gasteiger partial charge in [-0.3, -0.25) is 14.9 Å². The van der Waals surface area contributed by atoms with Crippen molar-refractivity contribution in [2.24, 2.45) is 5.10 Å². The Hall–Kier alpha value is -4.11. The normalized spacial score (nSPS) is 11.1. The zero-order valence-electron chi connectivity index (χ0n) is 15.4. The van der Waals surface area contributed by atoms with E-state index in [2.05, 4.69) is 15.5 Å². The standard InChI is InChI=1S/C21H14N4O4S/c26-14-7-5-13(6-8-14)12-22-24-21(27)16-11-18(19-9-10-20(30-19)25(28)29)23-17-4-2-1-3-15(16)17/h1-12,26H,(H,24,27)/b22-12+. The van der Waals surface area contributed by atoms with E-state index in [-0.39, 0.29) is 10.8 Å². The predicted octanol–water partition coefficient (Wildman–Crippen LogP) is 4.34. The third-order valence-electron chi connectivity index (χ3n) is 4.26. The van der Waals surface area contributed by atoms with Crippen molar-refractivity contribution in [3.05, 3.63) is 88.0 Å². The molecule has 0 bridgehead atoms. The highest BCUT2D eigenvalue weighted by molar-refractivity contribution is 7.18. The molecule has 0 radical (unpaired) electrons. The SMILES string of the molecule is O=C(N/N=C/c1ccc(O)cc1)c1cc(-c2ccc([N+](=O)[O-])s2)nc2ccccc12. The number of hydrazone groups is 1. The molecule has 0 fully saturated rings. The number of para-hydroxylation sites is 1. The molecule has 4 aromatic rings. The summed E-state index contributed by atoms with van der Waals surface area (Å²) >= 11 is 0.996. The van der Waals surface area contributed by atoms with E-state index in [0.717, 1.165) is 11.3 Å². The molecule has 2 aromatic heterocycles. The molecule has 0 atom stereocenters. The number of thiophene rings is 1. The molecule has 2 heterocycles. The lowest BCUT2D eigenvalue weighted by Crippen LogP contribution is -2.18. The van der Waals surface area contributed by atoms with Crippen molar-refractivity contribution in [1.82, 2.24) is 10.4 Å². The van der Waals surface area contributed by atoms with Crippen LogP contribution in [-0.2, 0) is 0 Å². The molecule has 1 amide bonds. The molecule has 2 aromatic carbocycles. The topological polar surface area (TPSA) is 118 Å². The summed E-state index contributed by atoms with van der Waals surface area (Å²) in [6.45, 7) is 0. The lowest BCUT2D eigenvalue weighted by atomic mass is 10.1. The second kappa shape index (κ2) is 8.10. The first-order valence-corrected chi connectivity index (χ1v) is 9.60. The first kappa shape index (κ1) is 19.2. The molecule has 0 aliphatic carbocycles. The van der Waals surface area contributed by atoms with Crippen molar-refractivity contribution in [3.8, 4) is 16.3 Å². The van der Waals surface area contributed by atoms with Crippen LogP contribution in [0.1, 0.15) is 15.9 Å². The van der Waals surface area contributed by atoms with Crippen LogP contribution >= 0.6 is 11.3 Å². The van der Waals surface area contributed by atoms with Gasteiger partial charge in [0.1, 0.15) is 5.75 Å². The number of fused-ring (bicyclic) bond motifs is 1. The van der Waals surface area contributed by atoms with Gasteiger partial charge in [-0.15, -0.1) is 0 Å². The monoisotopic (exact) mass is 418 g/mol. The van der Waals surface area contributed by atoms with Gasteiger partial charge in [-0.25, -0.2) is 10.4 Å². The Morgan fingerprint density at radius 3 is 2.63 bits per heavy atom. The fourth-order valence-electron chi connectivity index (χ4n) is 2.84. The first-order valence-electron chi connectivity index (χ1n) is 8.78. The average Bonchev–Trinajstić information content (AvgIpc) is 3.25. The lowest BCUT2D eigenvalue weighted by Gasteiger charge is -2.07. The number of phenolic OH excluding ortho intramolecular Hbond substituents is 1. The lowest BCUT2D eigenvalue weighted by molar-refractivity contribution is -0.380. The number of aromatic nitrogens is 1. The Morgan fingerprint density at radius 1 is 1.13 bits per heavy atom. The summed E-state index contributed by atoms with van der Waals surface area (Å²) in [5, 5.41) is 24.9. The molecule has 0 saturated heterocycles. The number of phenols is 1. The van der Waals surface area contributed by atoms with Gasteiger partial charge in [0.05, 0.1) is 32.8 Å². The van der Waals surface area contributed by atoms with E-state index >= 15 is 0 Å². The summed E-state index contributed by atoms with van der Waals surface area (Å²) in [6.07, 6.45) is 1.46. The third-order valence-corrected chi connectivity index (χ3v) is 5.32. The zero-order chi connectivity index (χ0) is 21.1. The molecule has 0 aliphatic rings. The molecule has 2 N–H and O–H groups in total. The maximum absolute atomic E-state index is 12.8. The molecule has 0 spiro atoms. The van der Waals surface area contributed by atoms with E-state index in [1.807, 2.05) is 0 Å². The summed E-state index contributed by atoms with van der Waals surface area (Å²) in [6, 6.07) is 18.2. The number of amides is 1. The molecule has 30 heavy (non-hydrogen) atoms. The maximum atomic E-state index is 12.8. The molecule has 4 rings (SSSR count). The van der Waals surface area contributed by atoms with Crippen molar-refractivity contribution in [1.29, 1.82) is 0 Å². The predicted molar refractivity (Wildman–Crippen MR) is 115 cm³/mol.